The fourth-order valence-corrected chi connectivity index (χ4v) is 1.60. The quantitative estimate of drug-likeness (QED) is 0.844. The van der Waals surface area contributed by atoms with E-state index in [0.717, 1.165) is 6.26 Å². The largest absolute Gasteiger partial charge is 0.459 e. The Bertz CT molecular complexity index is 458. The van der Waals surface area contributed by atoms with Gasteiger partial charge in [-0.25, -0.2) is 13.1 Å². The third-order valence-electron chi connectivity index (χ3n) is 1.80. The monoisotopic (exact) mass is 231 g/mol. The second-order valence-corrected chi connectivity index (χ2v) is 5.31. The van der Waals surface area contributed by atoms with Gasteiger partial charge in [0.15, 0.2) is 5.76 Å². The van der Waals surface area contributed by atoms with E-state index < -0.39 is 15.9 Å². The highest BCUT2D eigenvalue weighted by Crippen LogP contribution is 2.20. The molecule has 84 valence electrons. The van der Waals surface area contributed by atoms with Crippen molar-refractivity contribution in [2.45, 2.75) is 19.8 Å². The molecule has 0 aliphatic rings. The van der Waals surface area contributed by atoms with Crippen LogP contribution in [0.5, 0.6) is 0 Å². The van der Waals surface area contributed by atoms with Crippen LogP contribution >= 0.6 is 0 Å². The molecule has 1 amide bonds. The van der Waals surface area contributed by atoms with Crippen LogP contribution in [0.15, 0.2) is 16.7 Å². The highest BCUT2D eigenvalue weighted by atomic mass is 32.2. The molecule has 0 saturated heterocycles. The van der Waals surface area contributed by atoms with Crippen molar-refractivity contribution in [3.8, 4) is 0 Å². The van der Waals surface area contributed by atoms with E-state index in [1.54, 1.807) is 6.07 Å². The highest BCUT2D eigenvalue weighted by Gasteiger charge is 2.19. The summed E-state index contributed by atoms with van der Waals surface area (Å²) in [6.45, 7) is 3.78. The van der Waals surface area contributed by atoms with Gasteiger partial charge in [0.1, 0.15) is 0 Å². The minimum Gasteiger partial charge on any atom is -0.459 e. The van der Waals surface area contributed by atoms with E-state index in [2.05, 4.69) is 0 Å². The Morgan fingerprint density at radius 3 is 2.53 bits per heavy atom. The van der Waals surface area contributed by atoms with Gasteiger partial charge in [0.25, 0.3) is 0 Å². The summed E-state index contributed by atoms with van der Waals surface area (Å²) in [6.07, 6.45) is 2.29. The Morgan fingerprint density at radius 2 is 2.07 bits per heavy atom. The van der Waals surface area contributed by atoms with E-state index >= 15 is 0 Å². The smallest absolute Gasteiger partial charge is 0.300 e. The zero-order valence-corrected chi connectivity index (χ0v) is 9.59. The predicted molar refractivity (Wildman–Crippen MR) is 55.1 cm³/mol. The third kappa shape index (κ3) is 3.09. The number of carbonyl (C=O) groups is 1. The molecule has 15 heavy (non-hydrogen) atoms. The maximum absolute atomic E-state index is 11.5. The van der Waals surface area contributed by atoms with Gasteiger partial charge in [0, 0.05) is 5.56 Å². The molecule has 1 aromatic rings. The molecule has 0 unspecified atom stereocenters. The van der Waals surface area contributed by atoms with Crippen LogP contribution in [0.25, 0.3) is 0 Å². The summed E-state index contributed by atoms with van der Waals surface area (Å²) in [7, 11) is -3.55. The van der Waals surface area contributed by atoms with Crippen LogP contribution < -0.4 is 4.72 Å². The molecule has 1 heterocycles. The Labute approximate surface area is 88.5 Å². The van der Waals surface area contributed by atoms with Gasteiger partial charge in [-0.05, 0) is 12.0 Å². The Balaban J connectivity index is 2.97. The number of amides is 1. The van der Waals surface area contributed by atoms with Crippen LogP contribution in [0.1, 0.15) is 35.9 Å². The fourth-order valence-electron chi connectivity index (χ4n) is 1.17. The summed E-state index contributed by atoms with van der Waals surface area (Å²) in [4.78, 5) is 11.5. The molecule has 0 fully saturated rings. The van der Waals surface area contributed by atoms with Crippen molar-refractivity contribution >= 4 is 15.9 Å². The zero-order valence-electron chi connectivity index (χ0n) is 8.77. The molecule has 0 aliphatic heterocycles. The average molecular weight is 231 g/mol. The summed E-state index contributed by atoms with van der Waals surface area (Å²) in [5.74, 6) is -0.578. The number of hydrogen-bond acceptors (Lipinski definition) is 4. The van der Waals surface area contributed by atoms with E-state index in [0.29, 0.717) is 5.56 Å². The van der Waals surface area contributed by atoms with E-state index in [9.17, 15) is 13.2 Å². The number of rotatable bonds is 3. The van der Waals surface area contributed by atoms with Gasteiger partial charge < -0.3 is 4.42 Å². The number of furan rings is 1. The molecule has 0 atom stereocenters. The SMILES string of the molecule is CC(C)c1ccoc1C(=O)NS(C)(=O)=O. The Morgan fingerprint density at radius 1 is 1.47 bits per heavy atom. The lowest BCUT2D eigenvalue weighted by Gasteiger charge is -2.05. The minimum atomic E-state index is -3.55. The molecule has 5 nitrogen and oxygen atoms in total. The first-order chi connectivity index (χ1) is 6.81. The minimum absolute atomic E-state index is 0.0513. The number of hydrogen-bond donors (Lipinski definition) is 1. The predicted octanol–water partition coefficient (Wildman–Crippen LogP) is 1.09. The van der Waals surface area contributed by atoms with Crippen molar-refractivity contribution in [2.24, 2.45) is 0 Å². The lowest BCUT2D eigenvalue weighted by molar-refractivity contribution is 0.0953. The van der Waals surface area contributed by atoms with Crippen LogP contribution in [0.3, 0.4) is 0 Å². The van der Waals surface area contributed by atoms with Gasteiger partial charge >= 0.3 is 5.91 Å². The van der Waals surface area contributed by atoms with Crippen LogP contribution in [-0.4, -0.2) is 20.6 Å². The molecule has 0 bridgehead atoms. The van der Waals surface area contributed by atoms with Crippen LogP contribution in [0.4, 0.5) is 0 Å². The van der Waals surface area contributed by atoms with Gasteiger partial charge in [0.05, 0.1) is 12.5 Å². The van der Waals surface area contributed by atoms with E-state index in [-0.39, 0.29) is 11.7 Å². The first kappa shape index (κ1) is 11.8. The van der Waals surface area contributed by atoms with Crippen molar-refractivity contribution in [1.82, 2.24) is 4.72 Å². The highest BCUT2D eigenvalue weighted by molar-refractivity contribution is 7.89. The summed E-state index contributed by atoms with van der Waals surface area (Å²) >= 11 is 0. The molecular formula is C9H13NO4S. The standard InChI is InChI=1S/C9H13NO4S/c1-6(2)7-4-5-14-8(7)9(11)10-15(3,12)13/h4-6H,1-3H3,(H,10,11). The van der Waals surface area contributed by atoms with Crippen molar-refractivity contribution in [1.29, 1.82) is 0 Å². The van der Waals surface area contributed by atoms with Crippen LogP contribution in [0, 0.1) is 0 Å². The first-order valence-corrected chi connectivity index (χ1v) is 6.30. The van der Waals surface area contributed by atoms with Gasteiger partial charge in [-0.3, -0.25) is 4.79 Å². The second-order valence-electron chi connectivity index (χ2n) is 3.56. The molecule has 6 heteroatoms. The Hall–Kier alpha value is -1.30. The Kier molecular flexibility index (Phi) is 3.18. The lowest BCUT2D eigenvalue weighted by Crippen LogP contribution is -2.29. The molecular weight excluding hydrogens is 218 g/mol. The second kappa shape index (κ2) is 4.06. The molecule has 0 saturated carbocycles. The van der Waals surface area contributed by atoms with E-state index in [4.69, 9.17) is 4.42 Å². The maximum Gasteiger partial charge on any atom is 0.300 e. The molecule has 0 aliphatic carbocycles. The summed E-state index contributed by atoms with van der Waals surface area (Å²) in [6, 6.07) is 1.65. The number of nitrogens with one attached hydrogen (secondary N) is 1. The molecule has 0 radical (unpaired) electrons. The molecule has 1 rings (SSSR count). The topological polar surface area (TPSA) is 76.4 Å². The van der Waals surface area contributed by atoms with Gasteiger partial charge in [0.2, 0.25) is 10.0 Å². The summed E-state index contributed by atoms with van der Waals surface area (Å²) in [5.41, 5.74) is 0.691. The molecule has 1 N–H and O–H groups in total. The normalized spacial score (nSPS) is 11.7. The van der Waals surface area contributed by atoms with E-state index in [1.165, 1.54) is 6.26 Å². The number of sulfonamides is 1. The van der Waals surface area contributed by atoms with Crippen LogP contribution in [-0.2, 0) is 10.0 Å². The maximum atomic E-state index is 11.5. The van der Waals surface area contributed by atoms with Gasteiger partial charge in [-0.15, -0.1) is 0 Å². The molecule has 0 aromatic carbocycles. The van der Waals surface area contributed by atoms with Gasteiger partial charge in [-0.1, -0.05) is 13.8 Å². The van der Waals surface area contributed by atoms with Crippen molar-refractivity contribution in [3.63, 3.8) is 0 Å². The van der Waals surface area contributed by atoms with Crippen molar-refractivity contribution in [3.05, 3.63) is 23.7 Å². The first-order valence-electron chi connectivity index (χ1n) is 4.41. The fraction of sp³-hybridized carbons (Fsp3) is 0.444. The summed E-state index contributed by atoms with van der Waals surface area (Å²) < 4.78 is 28.5. The van der Waals surface area contributed by atoms with Gasteiger partial charge in [-0.2, -0.15) is 0 Å². The number of carbonyl (C=O) groups excluding carboxylic acids is 1. The average Bonchev–Trinajstić information content (AvgIpc) is 2.47. The van der Waals surface area contributed by atoms with Crippen molar-refractivity contribution in [2.75, 3.05) is 6.26 Å². The van der Waals surface area contributed by atoms with Crippen LogP contribution in [0.2, 0.25) is 0 Å². The lowest BCUT2D eigenvalue weighted by atomic mass is 10.0. The summed E-state index contributed by atoms with van der Waals surface area (Å²) in [5, 5.41) is 0. The zero-order chi connectivity index (χ0) is 11.6. The molecule has 0 spiro atoms. The third-order valence-corrected chi connectivity index (χ3v) is 2.36. The van der Waals surface area contributed by atoms with Crippen molar-refractivity contribution < 1.29 is 17.6 Å². The van der Waals surface area contributed by atoms with E-state index in [1.807, 2.05) is 18.6 Å². The molecule has 1 aromatic heterocycles.